The van der Waals surface area contributed by atoms with Crippen LogP contribution in [0.15, 0.2) is 12.3 Å². The van der Waals surface area contributed by atoms with Gasteiger partial charge in [0.05, 0.1) is 0 Å². The van der Waals surface area contributed by atoms with Crippen molar-refractivity contribution in [1.82, 2.24) is 9.97 Å². The number of hydrogen-bond donors (Lipinski definition) is 2. The minimum atomic E-state index is 0.317. The Labute approximate surface area is 103 Å². The Morgan fingerprint density at radius 3 is 2.82 bits per heavy atom. The molecule has 1 atom stereocenters. The topological polar surface area (TPSA) is 63.8 Å². The zero-order chi connectivity index (χ0) is 12.1. The molecule has 1 fully saturated rings. The average molecular weight is 234 g/mol. The Kier molecular flexibility index (Phi) is 4.31. The molecule has 1 aliphatic carbocycles. The number of aryl methyl sites for hydroxylation is 1. The van der Waals surface area contributed by atoms with E-state index in [0.717, 1.165) is 5.69 Å². The van der Waals surface area contributed by atoms with Crippen molar-refractivity contribution in [3.05, 3.63) is 18.0 Å². The van der Waals surface area contributed by atoms with Gasteiger partial charge < -0.3 is 11.1 Å². The Morgan fingerprint density at radius 1 is 1.41 bits per heavy atom. The van der Waals surface area contributed by atoms with Crippen molar-refractivity contribution < 1.29 is 0 Å². The molecule has 0 amide bonds. The first-order chi connectivity index (χ1) is 8.29. The van der Waals surface area contributed by atoms with E-state index >= 15 is 0 Å². The summed E-state index contributed by atoms with van der Waals surface area (Å²) < 4.78 is 0. The molecule has 4 nitrogen and oxygen atoms in total. The molecule has 1 aliphatic rings. The lowest BCUT2D eigenvalue weighted by atomic mass is 9.84. The SMILES string of the molecule is Cc1ccnc(NC(CN)C2CCCCC2)n1. The molecule has 17 heavy (non-hydrogen) atoms. The van der Waals surface area contributed by atoms with Crippen LogP contribution >= 0.6 is 0 Å². The van der Waals surface area contributed by atoms with Crippen molar-refractivity contribution in [3.8, 4) is 0 Å². The lowest BCUT2D eigenvalue weighted by Crippen LogP contribution is -2.37. The van der Waals surface area contributed by atoms with E-state index in [4.69, 9.17) is 5.73 Å². The number of hydrogen-bond acceptors (Lipinski definition) is 4. The molecule has 1 aromatic heterocycles. The molecule has 3 N–H and O–H groups in total. The lowest BCUT2D eigenvalue weighted by Gasteiger charge is -2.30. The molecule has 0 saturated heterocycles. The van der Waals surface area contributed by atoms with Gasteiger partial charge in [0.15, 0.2) is 0 Å². The van der Waals surface area contributed by atoms with Crippen molar-refractivity contribution in [2.75, 3.05) is 11.9 Å². The standard InChI is InChI=1S/C13H22N4/c1-10-7-8-15-13(16-10)17-12(9-14)11-5-3-2-4-6-11/h7-8,11-12H,2-6,9,14H2,1H3,(H,15,16,17). The van der Waals surface area contributed by atoms with E-state index in [-0.39, 0.29) is 0 Å². The molecule has 1 unspecified atom stereocenters. The summed E-state index contributed by atoms with van der Waals surface area (Å²) in [6, 6.07) is 2.22. The Balaban J connectivity index is 1.98. The second-order valence-electron chi connectivity index (χ2n) is 4.91. The van der Waals surface area contributed by atoms with Crippen LogP contribution in [0.1, 0.15) is 37.8 Å². The third-order valence-electron chi connectivity index (χ3n) is 3.58. The van der Waals surface area contributed by atoms with Gasteiger partial charge in [0, 0.05) is 24.5 Å². The summed E-state index contributed by atoms with van der Waals surface area (Å²) in [4.78, 5) is 8.62. The fraction of sp³-hybridized carbons (Fsp3) is 0.692. The van der Waals surface area contributed by atoms with Gasteiger partial charge in [-0.15, -0.1) is 0 Å². The number of nitrogens with two attached hydrogens (primary N) is 1. The first-order valence-corrected chi connectivity index (χ1v) is 6.56. The molecule has 2 rings (SSSR count). The van der Waals surface area contributed by atoms with E-state index in [1.165, 1.54) is 32.1 Å². The fourth-order valence-electron chi connectivity index (χ4n) is 2.59. The molecule has 0 radical (unpaired) electrons. The zero-order valence-electron chi connectivity index (χ0n) is 10.5. The van der Waals surface area contributed by atoms with E-state index in [2.05, 4.69) is 15.3 Å². The highest BCUT2D eigenvalue weighted by atomic mass is 15.1. The minimum Gasteiger partial charge on any atom is -0.350 e. The Bertz CT molecular complexity index is 347. The molecule has 1 aromatic rings. The predicted molar refractivity (Wildman–Crippen MR) is 69.8 cm³/mol. The Hall–Kier alpha value is -1.16. The maximum absolute atomic E-state index is 5.87. The molecule has 4 heteroatoms. The van der Waals surface area contributed by atoms with Crippen LogP contribution in [0.2, 0.25) is 0 Å². The highest BCUT2D eigenvalue weighted by Crippen LogP contribution is 2.27. The molecule has 0 spiro atoms. The van der Waals surface area contributed by atoms with Crippen molar-refractivity contribution in [1.29, 1.82) is 0 Å². The Morgan fingerprint density at radius 2 is 2.18 bits per heavy atom. The molecule has 94 valence electrons. The van der Waals surface area contributed by atoms with Crippen molar-refractivity contribution in [3.63, 3.8) is 0 Å². The molecule has 0 aliphatic heterocycles. The summed E-state index contributed by atoms with van der Waals surface area (Å²) in [7, 11) is 0. The van der Waals surface area contributed by atoms with Crippen LogP contribution in [0.5, 0.6) is 0 Å². The number of anilines is 1. The minimum absolute atomic E-state index is 0.317. The van der Waals surface area contributed by atoms with Crippen molar-refractivity contribution in [2.45, 2.75) is 45.1 Å². The van der Waals surface area contributed by atoms with Gasteiger partial charge in [-0.05, 0) is 31.7 Å². The van der Waals surface area contributed by atoms with E-state index in [0.29, 0.717) is 24.5 Å². The van der Waals surface area contributed by atoms with Crippen LogP contribution in [0.4, 0.5) is 5.95 Å². The zero-order valence-corrected chi connectivity index (χ0v) is 10.5. The smallest absolute Gasteiger partial charge is 0.223 e. The summed E-state index contributed by atoms with van der Waals surface area (Å²) in [6.07, 6.45) is 8.38. The van der Waals surface area contributed by atoms with E-state index < -0.39 is 0 Å². The molecule has 1 saturated carbocycles. The molecular formula is C13H22N4. The summed E-state index contributed by atoms with van der Waals surface area (Å²) in [5, 5.41) is 3.39. The summed E-state index contributed by atoms with van der Waals surface area (Å²) in [5.74, 6) is 1.39. The van der Waals surface area contributed by atoms with Gasteiger partial charge in [0.25, 0.3) is 0 Å². The molecular weight excluding hydrogens is 212 g/mol. The normalized spacial score (nSPS) is 18.9. The van der Waals surface area contributed by atoms with E-state index in [1.54, 1.807) is 6.20 Å². The van der Waals surface area contributed by atoms with Crippen LogP contribution in [-0.2, 0) is 0 Å². The largest absolute Gasteiger partial charge is 0.350 e. The molecule has 0 aromatic carbocycles. The highest BCUT2D eigenvalue weighted by molar-refractivity contribution is 5.27. The number of aromatic nitrogens is 2. The summed E-state index contributed by atoms with van der Waals surface area (Å²) >= 11 is 0. The lowest BCUT2D eigenvalue weighted by molar-refractivity contribution is 0.320. The predicted octanol–water partition coefficient (Wildman–Crippen LogP) is 2.10. The van der Waals surface area contributed by atoms with Crippen LogP contribution < -0.4 is 11.1 Å². The second-order valence-corrected chi connectivity index (χ2v) is 4.91. The van der Waals surface area contributed by atoms with E-state index in [1.807, 2.05) is 13.0 Å². The number of nitrogens with zero attached hydrogens (tertiary/aromatic N) is 2. The monoisotopic (exact) mass is 234 g/mol. The molecule has 1 heterocycles. The highest BCUT2D eigenvalue weighted by Gasteiger charge is 2.22. The first kappa shape index (κ1) is 12.3. The number of nitrogens with one attached hydrogen (secondary N) is 1. The quantitative estimate of drug-likeness (QED) is 0.837. The summed E-state index contributed by atoms with van der Waals surface area (Å²) in [5.41, 5.74) is 6.86. The van der Waals surface area contributed by atoms with Crippen molar-refractivity contribution in [2.24, 2.45) is 11.7 Å². The molecule has 0 bridgehead atoms. The van der Waals surface area contributed by atoms with Gasteiger partial charge in [-0.25, -0.2) is 9.97 Å². The van der Waals surface area contributed by atoms with Crippen LogP contribution in [0, 0.1) is 12.8 Å². The van der Waals surface area contributed by atoms with Gasteiger partial charge in [-0.3, -0.25) is 0 Å². The van der Waals surface area contributed by atoms with E-state index in [9.17, 15) is 0 Å². The van der Waals surface area contributed by atoms with Gasteiger partial charge >= 0.3 is 0 Å². The van der Waals surface area contributed by atoms with Gasteiger partial charge in [-0.1, -0.05) is 19.3 Å². The number of rotatable bonds is 4. The van der Waals surface area contributed by atoms with Crippen molar-refractivity contribution >= 4 is 5.95 Å². The second kappa shape index (κ2) is 5.96. The fourth-order valence-corrected chi connectivity index (χ4v) is 2.59. The summed E-state index contributed by atoms with van der Waals surface area (Å²) in [6.45, 7) is 2.63. The van der Waals surface area contributed by atoms with Crippen LogP contribution in [0.3, 0.4) is 0 Å². The maximum atomic E-state index is 5.87. The maximum Gasteiger partial charge on any atom is 0.223 e. The van der Waals surface area contributed by atoms with Crippen LogP contribution in [0.25, 0.3) is 0 Å². The van der Waals surface area contributed by atoms with Gasteiger partial charge in [-0.2, -0.15) is 0 Å². The first-order valence-electron chi connectivity index (χ1n) is 6.56. The van der Waals surface area contributed by atoms with Gasteiger partial charge in [0.2, 0.25) is 5.95 Å². The average Bonchev–Trinajstić information content (AvgIpc) is 2.37. The van der Waals surface area contributed by atoms with Crippen LogP contribution in [-0.4, -0.2) is 22.6 Å². The third-order valence-corrected chi connectivity index (χ3v) is 3.58. The third kappa shape index (κ3) is 3.40. The van der Waals surface area contributed by atoms with Gasteiger partial charge in [0.1, 0.15) is 0 Å².